The van der Waals surface area contributed by atoms with Crippen LogP contribution < -0.4 is 5.43 Å². The van der Waals surface area contributed by atoms with Crippen LogP contribution in [0.2, 0.25) is 0 Å². The lowest BCUT2D eigenvalue weighted by atomic mass is 10.1. The van der Waals surface area contributed by atoms with Crippen LogP contribution in [0.5, 0.6) is 0 Å². The van der Waals surface area contributed by atoms with Gasteiger partial charge in [-0.25, -0.2) is 10.2 Å². The lowest BCUT2D eigenvalue weighted by molar-refractivity contribution is -0.384. The number of hydrazone groups is 1. The fourth-order valence-electron chi connectivity index (χ4n) is 1.31. The maximum atomic E-state index is 10.9. The van der Waals surface area contributed by atoms with Crippen molar-refractivity contribution >= 4 is 17.5 Å². The molecule has 0 aliphatic rings. The number of methoxy groups -OCH3 is 1. The lowest BCUT2D eigenvalue weighted by Gasteiger charge is -2.04. The van der Waals surface area contributed by atoms with Crippen LogP contribution in [0.15, 0.2) is 29.4 Å². The Morgan fingerprint density at radius 1 is 1.56 bits per heavy atom. The second kappa shape index (κ2) is 6.33. The largest absolute Gasteiger partial charge is 0.452 e. The van der Waals surface area contributed by atoms with Gasteiger partial charge in [-0.2, -0.15) is 5.10 Å². The summed E-state index contributed by atoms with van der Waals surface area (Å²) in [6.45, 7) is 1.83. The zero-order valence-electron chi connectivity index (χ0n) is 10.0. The Hall–Kier alpha value is -2.44. The molecule has 7 nitrogen and oxygen atoms in total. The molecule has 1 aromatic carbocycles. The number of benzene rings is 1. The molecule has 0 aliphatic carbocycles. The molecule has 0 aromatic heterocycles. The van der Waals surface area contributed by atoms with Gasteiger partial charge in [0.25, 0.3) is 5.69 Å². The normalized spacial score (nSPS) is 10.9. The Kier molecular flexibility index (Phi) is 4.79. The zero-order valence-corrected chi connectivity index (χ0v) is 10.0. The van der Waals surface area contributed by atoms with Gasteiger partial charge in [0.15, 0.2) is 0 Å². The summed E-state index contributed by atoms with van der Waals surface area (Å²) in [5.74, 6) is 0. The first-order valence-corrected chi connectivity index (χ1v) is 5.23. The molecule has 0 unspecified atom stereocenters. The van der Waals surface area contributed by atoms with E-state index in [9.17, 15) is 14.9 Å². The number of carbonyl (C=O) groups excluding carboxylic acids is 1. The first kappa shape index (κ1) is 13.6. The van der Waals surface area contributed by atoms with Crippen molar-refractivity contribution in [3.63, 3.8) is 0 Å². The molecule has 18 heavy (non-hydrogen) atoms. The average molecular weight is 251 g/mol. The minimum atomic E-state index is -0.689. The van der Waals surface area contributed by atoms with Crippen molar-refractivity contribution in [1.29, 1.82) is 0 Å². The van der Waals surface area contributed by atoms with Crippen molar-refractivity contribution in [3.05, 3.63) is 39.9 Å². The van der Waals surface area contributed by atoms with E-state index in [4.69, 9.17) is 0 Å². The molecule has 0 saturated carbocycles. The van der Waals surface area contributed by atoms with Crippen molar-refractivity contribution in [2.24, 2.45) is 5.10 Å². The van der Waals surface area contributed by atoms with Gasteiger partial charge in [0, 0.05) is 17.7 Å². The summed E-state index contributed by atoms with van der Waals surface area (Å²) in [4.78, 5) is 21.1. The minimum absolute atomic E-state index is 0.0216. The van der Waals surface area contributed by atoms with E-state index in [1.165, 1.54) is 19.2 Å². The highest BCUT2D eigenvalue weighted by molar-refractivity contribution is 6.01. The van der Waals surface area contributed by atoms with Crippen LogP contribution >= 0.6 is 0 Å². The monoisotopic (exact) mass is 251 g/mol. The number of hydrogen-bond donors (Lipinski definition) is 1. The van der Waals surface area contributed by atoms with E-state index in [2.05, 4.69) is 15.3 Å². The quantitative estimate of drug-likeness (QED) is 0.503. The number of amides is 1. The van der Waals surface area contributed by atoms with Gasteiger partial charge in [0.05, 0.1) is 17.7 Å². The molecule has 1 N–H and O–H groups in total. The van der Waals surface area contributed by atoms with Gasteiger partial charge in [-0.15, -0.1) is 0 Å². The molecule has 7 heteroatoms. The van der Waals surface area contributed by atoms with Crippen LogP contribution in [0.4, 0.5) is 10.5 Å². The Labute approximate surface area is 104 Å². The lowest BCUT2D eigenvalue weighted by Crippen LogP contribution is -2.19. The summed E-state index contributed by atoms with van der Waals surface area (Å²) in [6, 6.07) is 6.05. The molecule has 96 valence electrons. The van der Waals surface area contributed by atoms with Gasteiger partial charge in [0.2, 0.25) is 0 Å². The van der Waals surface area contributed by atoms with E-state index >= 15 is 0 Å². The van der Waals surface area contributed by atoms with Gasteiger partial charge in [-0.3, -0.25) is 10.1 Å². The predicted molar refractivity (Wildman–Crippen MR) is 65.5 cm³/mol. The van der Waals surface area contributed by atoms with E-state index in [0.29, 0.717) is 17.7 Å². The highest BCUT2D eigenvalue weighted by Crippen LogP contribution is 2.14. The Balaban J connectivity index is 2.98. The zero-order chi connectivity index (χ0) is 13.5. The third-order valence-corrected chi connectivity index (χ3v) is 2.19. The summed E-state index contributed by atoms with van der Waals surface area (Å²) < 4.78 is 4.38. The maximum Gasteiger partial charge on any atom is 0.427 e. The third-order valence-electron chi connectivity index (χ3n) is 2.19. The van der Waals surface area contributed by atoms with Crippen molar-refractivity contribution in [3.8, 4) is 0 Å². The van der Waals surface area contributed by atoms with Crippen LogP contribution in [0, 0.1) is 10.1 Å². The fraction of sp³-hybridized carbons (Fsp3) is 0.273. The van der Waals surface area contributed by atoms with E-state index in [0.717, 1.165) is 0 Å². The highest BCUT2D eigenvalue weighted by atomic mass is 16.6. The van der Waals surface area contributed by atoms with Crippen molar-refractivity contribution in [1.82, 2.24) is 5.43 Å². The Morgan fingerprint density at radius 3 is 2.83 bits per heavy atom. The summed E-state index contributed by atoms with van der Waals surface area (Å²) in [7, 11) is 1.23. The van der Waals surface area contributed by atoms with Gasteiger partial charge >= 0.3 is 6.09 Å². The smallest absolute Gasteiger partial charge is 0.427 e. The molecule has 1 rings (SSSR count). The second-order valence-corrected chi connectivity index (χ2v) is 3.32. The van der Waals surface area contributed by atoms with Crippen LogP contribution in [-0.2, 0) is 4.74 Å². The first-order valence-electron chi connectivity index (χ1n) is 5.23. The van der Waals surface area contributed by atoms with Gasteiger partial charge < -0.3 is 4.74 Å². The number of nitro benzene ring substituents is 1. The van der Waals surface area contributed by atoms with Crippen LogP contribution in [0.1, 0.15) is 18.9 Å². The number of nitrogens with zero attached hydrogens (tertiary/aromatic N) is 2. The molecular formula is C11H13N3O4. The van der Waals surface area contributed by atoms with Crippen LogP contribution in [0.25, 0.3) is 0 Å². The number of hydrogen-bond acceptors (Lipinski definition) is 5. The van der Waals surface area contributed by atoms with Crippen molar-refractivity contribution in [2.45, 2.75) is 13.3 Å². The minimum Gasteiger partial charge on any atom is -0.452 e. The van der Waals surface area contributed by atoms with E-state index < -0.39 is 11.0 Å². The number of nitro groups is 1. The molecule has 0 heterocycles. The number of carbonyl (C=O) groups is 1. The van der Waals surface area contributed by atoms with Crippen LogP contribution in [-0.4, -0.2) is 23.8 Å². The Bertz CT molecular complexity index is 485. The molecule has 1 aromatic rings. The molecule has 0 bridgehead atoms. The second-order valence-electron chi connectivity index (χ2n) is 3.32. The van der Waals surface area contributed by atoms with Crippen LogP contribution in [0.3, 0.4) is 0 Å². The molecule has 0 fully saturated rings. The predicted octanol–water partition coefficient (Wildman–Crippen LogP) is 2.06. The molecule has 0 saturated heterocycles. The summed E-state index contributed by atoms with van der Waals surface area (Å²) in [5, 5.41) is 14.5. The molecule has 0 spiro atoms. The van der Waals surface area contributed by atoms with E-state index in [1.54, 1.807) is 12.1 Å². The van der Waals surface area contributed by atoms with Crippen molar-refractivity contribution < 1.29 is 14.5 Å². The SMILES string of the molecule is CC/C(=N\NC(=O)OC)c1cccc([N+](=O)[O-])c1. The molecule has 0 radical (unpaired) electrons. The van der Waals surface area contributed by atoms with E-state index in [1.807, 2.05) is 6.92 Å². The standard InChI is InChI=1S/C11H13N3O4/c1-3-10(12-13-11(15)18-2)8-5-4-6-9(7-8)14(16)17/h4-7H,3H2,1-2H3,(H,13,15)/b12-10+. The highest BCUT2D eigenvalue weighted by Gasteiger charge is 2.09. The van der Waals surface area contributed by atoms with Gasteiger partial charge in [-0.1, -0.05) is 19.1 Å². The topological polar surface area (TPSA) is 93.8 Å². The fourth-order valence-corrected chi connectivity index (χ4v) is 1.31. The average Bonchev–Trinajstić information content (AvgIpc) is 2.39. The third kappa shape index (κ3) is 3.55. The maximum absolute atomic E-state index is 10.9. The summed E-state index contributed by atoms with van der Waals surface area (Å²) >= 11 is 0. The number of nitrogens with one attached hydrogen (secondary N) is 1. The molecule has 0 aliphatic heterocycles. The van der Waals surface area contributed by atoms with E-state index in [-0.39, 0.29) is 5.69 Å². The first-order chi connectivity index (χ1) is 8.58. The molecule has 0 atom stereocenters. The van der Waals surface area contributed by atoms with Gasteiger partial charge in [0.1, 0.15) is 0 Å². The van der Waals surface area contributed by atoms with Gasteiger partial charge in [-0.05, 0) is 6.42 Å². The summed E-state index contributed by atoms with van der Waals surface area (Å²) in [5.41, 5.74) is 3.28. The molecule has 1 amide bonds. The number of rotatable bonds is 4. The molecular weight excluding hydrogens is 238 g/mol. The number of ether oxygens (including phenoxy) is 1. The number of non-ortho nitro benzene ring substituents is 1. The Morgan fingerprint density at radius 2 is 2.28 bits per heavy atom. The van der Waals surface area contributed by atoms with Crippen molar-refractivity contribution in [2.75, 3.05) is 7.11 Å². The summed E-state index contributed by atoms with van der Waals surface area (Å²) in [6.07, 6.45) is -0.170.